The summed E-state index contributed by atoms with van der Waals surface area (Å²) in [4.78, 5) is 16.2. The molecular weight excluding hydrogens is 374 g/mol. The van der Waals surface area contributed by atoms with E-state index in [1.807, 2.05) is 6.08 Å². The van der Waals surface area contributed by atoms with Gasteiger partial charge in [0.15, 0.2) is 11.6 Å². The van der Waals surface area contributed by atoms with E-state index < -0.39 is 17.7 Å². The molecule has 1 aliphatic carbocycles. The third-order valence-electron chi connectivity index (χ3n) is 5.84. The third kappa shape index (κ3) is 7.77. The molecule has 162 valence electrons. The van der Waals surface area contributed by atoms with Crippen LogP contribution in [0.2, 0.25) is 0 Å². The molecule has 1 amide bonds. The molecule has 0 unspecified atom stereocenters. The van der Waals surface area contributed by atoms with Gasteiger partial charge in [-0.15, -0.1) is 6.58 Å². The van der Waals surface area contributed by atoms with Crippen molar-refractivity contribution >= 4 is 6.09 Å². The van der Waals surface area contributed by atoms with E-state index in [0.717, 1.165) is 56.8 Å². The number of unbranched alkanes of at least 4 members (excludes halogenated alkanes) is 2. The zero-order chi connectivity index (χ0) is 21.2. The molecule has 0 spiro atoms. The quantitative estimate of drug-likeness (QED) is 0.371. The minimum absolute atomic E-state index is 0.0215. The topological polar surface area (TPSA) is 32.8 Å². The fourth-order valence-electron chi connectivity index (χ4n) is 3.99. The summed E-state index contributed by atoms with van der Waals surface area (Å²) in [6.07, 6.45) is 10.5. The highest BCUT2D eigenvalue weighted by atomic mass is 19.2. The van der Waals surface area contributed by atoms with Crippen LogP contribution < -0.4 is 4.74 Å². The second kappa shape index (κ2) is 11.9. The van der Waals surface area contributed by atoms with Crippen LogP contribution in [0.25, 0.3) is 0 Å². The van der Waals surface area contributed by atoms with Crippen molar-refractivity contribution in [3.63, 3.8) is 0 Å². The van der Waals surface area contributed by atoms with E-state index in [4.69, 9.17) is 4.74 Å². The van der Waals surface area contributed by atoms with Gasteiger partial charge >= 0.3 is 6.09 Å². The maximum absolute atomic E-state index is 13.3. The molecule has 1 aliphatic rings. The van der Waals surface area contributed by atoms with Crippen LogP contribution in [-0.2, 0) is 0 Å². The Labute approximate surface area is 173 Å². The third-order valence-corrected chi connectivity index (χ3v) is 5.84. The van der Waals surface area contributed by atoms with Crippen LogP contribution in [0.4, 0.5) is 13.6 Å². The molecule has 2 rings (SSSR count). The normalized spacial score (nSPS) is 19.2. The first kappa shape index (κ1) is 23.3. The molecule has 1 aromatic rings. The van der Waals surface area contributed by atoms with Gasteiger partial charge in [-0.05, 0) is 63.7 Å². The molecule has 0 aliphatic heterocycles. The molecule has 1 saturated carbocycles. The lowest BCUT2D eigenvalue weighted by molar-refractivity contribution is 0.123. The molecule has 1 fully saturated rings. The van der Waals surface area contributed by atoms with E-state index in [-0.39, 0.29) is 11.8 Å². The molecule has 0 saturated heterocycles. The molecule has 0 aromatic heterocycles. The Hall–Kier alpha value is -1.95. The highest BCUT2D eigenvalue weighted by Gasteiger charge is 2.27. The molecule has 6 heteroatoms. The molecule has 29 heavy (non-hydrogen) atoms. The van der Waals surface area contributed by atoms with Crippen LogP contribution in [0.3, 0.4) is 0 Å². The number of ether oxygens (including phenoxy) is 1. The number of amides is 1. The summed E-state index contributed by atoms with van der Waals surface area (Å²) < 4.78 is 31.4. The number of hydrogen-bond donors (Lipinski definition) is 0. The largest absolute Gasteiger partial charge is 0.415 e. The SMILES string of the molecule is C=CCN(C)CCCCCC1CCC(N(C)C(=O)Oc2ccc(F)c(F)c2)CC1. The first-order valence-corrected chi connectivity index (χ1v) is 10.6. The molecule has 0 bridgehead atoms. The summed E-state index contributed by atoms with van der Waals surface area (Å²) in [6, 6.07) is 3.25. The van der Waals surface area contributed by atoms with Gasteiger partial charge in [0.1, 0.15) is 5.75 Å². The Morgan fingerprint density at radius 3 is 2.52 bits per heavy atom. The smallest absolute Gasteiger partial charge is 0.410 e. The minimum atomic E-state index is -1.02. The Morgan fingerprint density at radius 2 is 1.86 bits per heavy atom. The molecule has 0 heterocycles. The lowest BCUT2D eigenvalue weighted by Gasteiger charge is -2.34. The van der Waals surface area contributed by atoms with E-state index in [2.05, 4.69) is 18.5 Å². The Balaban J connectivity index is 1.65. The Kier molecular flexibility index (Phi) is 9.58. The average Bonchev–Trinajstić information content (AvgIpc) is 2.70. The van der Waals surface area contributed by atoms with E-state index in [9.17, 15) is 13.6 Å². The summed E-state index contributed by atoms with van der Waals surface area (Å²) in [5.41, 5.74) is 0. The molecule has 0 N–H and O–H groups in total. The highest BCUT2D eigenvalue weighted by molar-refractivity contribution is 5.70. The van der Waals surface area contributed by atoms with Crippen LogP contribution >= 0.6 is 0 Å². The zero-order valence-corrected chi connectivity index (χ0v) is 17.7. The highest BCUT2D eigenvalue weighted by Crippen LogP contribution is 2.31. The number of nitrogens with zero attached hydrogens (tertiary/aromatic N) is 2. The van der Waals surface area contributed by atoms with Crippen molar-refractivity contribution < 1.29 is 18.3 Å². The summed E-state index contributed by atoms with van der Waals surface area (Å²) in [6.45, 7) is 5.82. The summed E-state index contributed by atoms with van der Waals surface area (Å²) in [7, 11) is 3.84. The number of carbonyl (C=O) groups is 1. The number of hydrogen-bond acceptors (Lipinski definition) is 3. The molecule has 4 nitrogen and oxygen atoms in total. The minimum Gasteiger partial charge on any atom is -0.410 e. The maximum atomic E-state index is 13.3. The van der Waals surface area contributed by atoms with E-state index in [0.29, 0.717) is 0 Å². The summed E-state index contributed by atoms with van der Waals surface area (Å²) in [5, 5.41) is 0. The fourth-order valence-corrected chi connectivity index (χ4v) is 3.99. The lowest BCUT2D eigenvalue weighted by atomic mass is 9.82. The Morgan fingerprint density at radius 1 is 1.14 bits per heavy atom. The van der Waals surface area contributed by atoms with Crippen molar-refractivity contribution in [1.29, 1.82) is 0 Å². The van der Waals surface area contributed by atoms with Gasteiger partial charge in [-0.1, -0.05) is 25.3 Å². The van der Waals surface area contributed by atoms with Crippen LogP contribution in [0, 0.1) is 17.6 Å². The van der Waals surface area contributed by atoms with Gasteiger partial charge in [-0.2, -0.15) is 0 Å². The number of likely N-dealkylation sites (N-methyl/N-ethyl adjacent to an activating group) is 1. The van der Waals surface area contributed by atoms with Gasteiger partial charge in [0.05, 0.1) is 0 Å². The van der Waals surface area contributed by atoms with E-state index in [1.165, 1.54) is 31.7 Å². The van der Waals surface area contributed by atoms with Gasteiger partial charge in [0.2, 0.25) is 0 Å². The standard InChI is InChI=1S/C23H34F2N2O2/c1-4-15-26(2)16-7-5-6-8-18-9-11-19(12-10-18)27(3)23(28)29-20-13-14-21(24)22(25)17-20/h4,13-14,17-19H,1,5-12,15-16H2,2-3H3. The monoisotopic (exact) mass is 408 g/mol. The number of benzene rings is 1. The first-order valence-electron chi connectivity index (χ1n) is 10.6. The van der Waals surface area contributed by atoms with Crippen molar-refractivity contribution in [2.75, 3.05) is 27.2 Å². The molecular formula is C23H34F2N2O2. The molecule has 0 radical (unpaired) electrons. The number of halogens is 2. The second-order valence-electron chi connectivity index (χ2n) is 8.13. The van der Waals surface area contributed by atoms with Gasteiger partial charge in [0.25, 0.3) is 0 Å². The van der Waals surface area contributed by atoms with Crippen molar-refractivity contribution in [3.05, 3.63) is 42.5 Å². The summed E-state index contributed by atoms with van der Waals surface area (Å²) in [5.74, 6) is -1.23. The fraction of sp³-hybridized carbons (Fsp3) is 0.609. The first-order chi connectivity index (χ1) is 13.9. The predicted octanol–water partition coefficient (Wildman–Crippen LogP) is 5.63. The van der Waals surface area contributed by atoms with Crippen molar-refractivity contribution in [2.45, 2.75) is 57.4 Å². The Bertz CT molecular complexity index is 660. The van der Waals surface area contributed by atoms with Gasteiger partial charge in [0, 0.05) is 25.7 Å². The van der Waals surface area contributed by atoms with Crippen LogP contribution in [0.15, 0.2) is 30.9 Å². The average molecular weight is 409 g/mol. The van der Waals surface area contributed by atoms with Crippen molar-refractivity contribution in [2.24, 2.45) is 5.92 Å². The summed E-state index contributed by atoms with van der Waals surface area (Å²) >= 11 is 0. The molecule has 0 atom stereocenters. The lowest BCUT2D eigenvalue weighted by Crippen LogP contribution is -2.41. The van der Waals surface area contributed by atoms with Crippen molar-refractivity contribution in [3.8, 4) is 5.75 Å². The molecule has 1 aromatic carbocycles. The van der Waals surface area contributed by atoms with Gasteiger partial charge < -0.3 is 14.5 Å². The zero-order valence-electron chi connectivity index (χ0n) is 17.7. The van der Waals surface area contributed by atoms with E-state index in [1.54, 1.807) is 11.9 Å². The van der Waals surface area contributed by atoms with E-state index >= 15 is 0 Å². The maximum Gasteiger partial charge on any atom is 0.415 e. The number of rotatable bonds is 10. The van der Waals surface area contributed by atoms with Crippen LogP contribution in [0.1, 0.15) is 51.4 Å². The van der Waals surface area contributed by atoms with Gasteiger partial charge in [-0.3, -0.25) is 0 Å². The van der Waals surface area contributed by atoms with Crippen molar-refractivity contribution in [1.82, 2.24) is 9.80 Å². The predicted molar refractivity (Wildman–Crippen MR) is 112 cm³/mol. The van der Waals surface area contributed by atoms with Crippen LogP contribution in [-0.4, -0.2) is 49.1 Å². The van der Waals surface area contributed by atoms with Crippen LogP contribution in [0.5, 0.6) is 5.75 Å². The second-order valence-corrected chi connectivity index (χ2v) is 8.13. The number of carbonyl (C=O) groups excluding carboxylic acids is 1. The van der Waals surface area contributed by atoms with Gasteiger partial charge in [-0.25, -0.2) is 13.6 Å².